The zero-order chi connectivity index (χ0) is 18.9. The Bertz CT molecular complexity index is 835. The van der Waals surface area contributed by atoms with Crippen molar-refractivity contribution in [2.24, 2.45) is 0 Å². The maximum Gasteiger partial charge on any atom is 0.124 e. The van der Waals surface area contributed by atoms with Gasteiger partial charge in [0, 0.05) is 42.2 Å². The molecule has 0 unspecified atom stereocenters. The summed E-state index contributed by atoms with van der Waals surface area (Å²) in [4.78, 5) is 4.13. The molecule has 0 spiro atoms. The molecule has 1 N–H and O–H groups in total. The molecule has 27 heavy (non-hydrogen) atoms. The fraction of sp³-hybridized carbons (Fsp3) is 0.261. The highest BCUT2D eigenvalue weighted by Gasteiger charge is 2.07. The van der Waals surface area contributed by atoms with E-state index in [2.05, 4.69) is 22.4 Å². The zero-order valence-corrected chi connectivity index (χ0v) is 15.9. The predicted octanol–water partition coefficient (Wildman–Crippen LogP) is 4.74. The molecule has 0 aliphatic rings. The van der Waals surface area contributed by atoms with E-state index in [0.717, 1.165) is 41.3 Å². The molecule has 1 heterocycles. The Labute approximate surface area is 161 Å². The first-order valence-electron chi connectivity index (χ1n) is 9.27. The van der Waals surface area contributed by atoms with Gasteiger partial charge in [-0.3, -0.25) is 4.98 Å². The molecule has 0 saturated heterocycles. The highest BCUT2D eigenvalue weighted by atomic mass is 16.5. The van der Waals surface area contributed by atoms with Gasteiger partial charge in [0.15, 0.2) is 0 Å². The van der Waals surface area contributed by atoms with Gasteiger partial charge >= 0.3 is 0 Å². The van der Waals surface area contributed by atoms with Crippen LogP contribution in [0.2, 0.25) is 0 Å². The first-order valence-corrected chi connectivity index (χ1v) is 9.27. The molecule has 0 amide bonds. The van der Waals surface area contributed by atoms with E-state index < -0.39 is 0 Å². The quantitative estimate of drug-likeness (QED) is 0.597. The third kappa shape index (κ3) is 5.83. The molecular weight excluding hydrogens is 336 g/mol. The number of rotatable bonds is 9. The van der Waals surface area contributed by atoms with Crippen LogP contribution in [0.15, 0.2) is 73.1 Å². The van der Waals surface area contributed by atoms with Crippen molar-refractivity contribution in [1.29, 1.82) is 0 Å². The summed E-state index contributed by atoms with van der Waals surface area (Å²) in [6.07, 6.45) is 3.75. The molecular formula is C23H26N2O2. The number of pyridine rings is 1. The van der Waals surface area contributed by atoms with Crippen molar-refractivity contribution in [2.75, 3.05) is 0 Å². The molecule has 3 aromatic rings. The second kappa shape index (κ2) is 9.74. The lowest BCUT2D eigenvalue weighted by Crippen LogP contribution is -2.15. The van der Waals surface area contributed by atoms with Crippen molar-refractivity contribution in [1.82, 2.24) is 10.3 Å². The van der Waals surface area contributed by atoms with E-state index in [1.807, 2.05) is 68.6 Å². The molecule has 0 aliphatic carbocycles. The third-order valence-corrected chi connectivity index (χ3v) is 4.06. The van der Waals surface area contributed by atoms with Crippen LogP contribution in [0.1, 0.15) is 30.5 Å². The predicted molar refractivity (Wildman–Crippen MR) is 108 cm³/mol. The standard InChI is InChI=1S/C23H26N2O2/c1-18(2)27-23-12-6-4-10-21(23)16-25-15-20-9-3-5-11-22(20)26-17-19-8-7-13-24-14-19/h3-14,18,25H,15-17H2,1-2H3. The summed E-state index contributed by atoms with van der Waals surface area (Å²) < 4.78 is 11.9. The van der Waals surface area contributed by atoms with Gasteiger partial charge in [-0.2, -0.15) is 0 Å². The number of aromatic nitrogens is 1. The van der Waals surface area contributed by atoms with Crippen molar-refractivity contribution < 1.29 is 9.47 Å². The normalized spacial score (nSPS) is 10.8. The number of nitrogens with one attached hydrogen (secondary N) is 1. The van der Waals surface area contributed by atoms with Gasteiger partial charge in [0.05, 0.1) is 6.10 Å². The molecule has 0 saturated carbocycles. The molecule has 0 atom stereocenters. The summed E-state index contributed by atoms with van der Waals surface area (Å²) >= 11 is 0. The number of nitrogens with zero attached hydrogens (tertiary/aromatic N) is 1. The first kappa shape index (κ1) is 18.9. The third-order valence-electron chi connectivity index (χ3n) is 4.06. The number of ether oxygens (including phenoxy) is 2. The van der Waals surface area contributed by atoms with Gasteiger partial charge in [-0.05, 0) is 32.0 Å². The Morgan fingerprint density at radius 2 is 1.52 bits per heavy atom. The minimum Gasteiger partial charge on any atom is -0.491 e. The van der Waals surface area contributed by atoms with Crippen LogP contribution >= 0.6 is 0 Å². The monoisotopic (exact) mass is 362 g/mol. The largest absolute Gasteiger partial charge is 0.491 e. The van der Waals surface area contributed by atoms with E-state index in [0.29, 0.717) is 6.61 Å². The van der Waals surface area contributed by atoms with Gasteiger partial charge in [0.1, 0.15) is 18.1 Å². The summed E-state index contributed by atoms with van der Waals surface area (Å²) in [7, 11) is 0. The molecule has 0 aliphatic heterocycles. The highest BCUT2D eigenvalue weighted by molar-refractivity contribution is 5.35. The van der Waals surface area contributed by atoms with Crippen LogP contribution < -0.4 is 14.8 Å². The molecule has 3 rings (SSSR count). The average Bonchev–Trinajstić information content (AvgIpc) is 2.69. The Balaban J connectivity index is 1.59. The van der Waals surface area contributed by atoms with Crippen molar-refractivity contribution in [3.63, 3.8) is 0 Å². The van der Waals surface area contributed by atoms with Crippen LogP contribution in [0.25, 0.3) is 0 Å². The summed E-state index contributed by atoms with van der Waals surface area (Å²) in [5, 5.41) is 3.50. The van der Waals surface area contributed by atoms with Crippen LogP contribution in [-0.4, -0.2) is 11.1 Å². The van der Waals surface area contributed by atoms with Crippen molar-refractivity contribution in [3.8, 4) is 11.5 Å². The molecule has 140 valence electrons. The van der Waals surface area contributed by atoms with Crippen LogP contribution in [0.5, 0.6) is 11.5 Å². The fourth-order valence-corrected chi connectivity index (χ4v) is 2.79. The van der Waals surface area contributed by atoms with Crippen LogP contribution in [0.3, 0.4) is 0 Å². The van der Waals surface area contributed by atoms with Crippen molar-refractivity contribution in [2.45, 2.75) is 39.6 Å². The molecule has 4 heteroatoms. The number of hydrogen-bond donors (Lipinski definition) is 1. The molecule has 1 aromatic heterocycles. The first-order chi connectivity index (χ1) is 13.2. The van der Waals surface area contributed by atoms with E-state index in [4.69, 9.17) is 9.47 Å². The van der Waals surface area contributed by atoms with Gasteiger partial charge < -0.3 is 14.8 Å². The van der Waals surface area contributed by atoms with Gasteiger partial charge in [-0.15, -0.1) is 0 Å². The Morgan fingerprint density at radius 3 is 2.19 bits per heavy atom. The molecule has 4 nitrogen and oxygen atoms in total. The second-order valence-electron chi connectivity index (χ2n) is 6.64. The van der Waals surface area contributed by atoms with Crippen LogP contribution in [0.4, 0.5) is 0 Å². The highest BCUT2D eigenvalue weighted by Crippen LogP contribution is 2.21. The smallest absolute Gasteiger partial charge is 0.124 e. The number of para-hydroxylation sites is 2. The lowest BCUT2D eigenvalue weighted by atomic mass is 10.1. The fourth-order valence-electron chi connectivity index (χ4n) is 2.79. The lowest BCUT2D eigenvalue weighted by Gasteiger charge is -2.15. The van der Waals surface area contributed by atoms with Crippen molar-refractivity contribution in [3.05, 3.63) is 89.7 Å². The molecule has 0 radical (unpaired) electrons. The van der Waals surface area contributed by atoms with Gasteiger partial charge in [0.25, 0.3) is 0 Å². The zero-order valence-electron chi connectivity index (χ0n) is 15.9. The Kier molecular flexibility index (Phi) is 6.83. The number of benzene rings is 2. The maximum atomic E-state index is 6.00. The molecule has 0 fully saturated rings. The van der Waals surface area contributed by atoms with E-state index in [1.165, 1.54) is 0 Å². The molecule has 2 aromatic carbocycles. The van der Waals surface area contributed by atoms with E-state index in [9.17, 15) is 0 Å². The van der Waals surface area contributed by atoms with E-state index in [-0.39, 0.29) is 6.10 Å². The number of hydrogen-bond acceptors (Lipinski definition) is 4. The average molecular weight is 362 g/mol. The Hall–Kier alpha value is -2.85. The van der Waals surface area contributed by atoms with E-state index in [1.54, 1.807) is 6.20 Å². The van der Waals surface area contributed by atoms with Gasteiger partial charge in [0.2, 0.25) is 0 Å². The SMILES string of the molecule is CC(C)Oc1ccccc1CNCc1ccccc1OCc1cccnc1. The topological polar surface area (TPSA) is 43.4 Å². The van der Waals surface area contributed by atoms with Gasteiger partial charge in [-0.1, -0.05) is 42.5 Å². The lowest BCUT2D eigenvalue weighted by molar-refractivity contribution is 0.239. The minimum absolute atomic E-state index is 0.160. The minimum atomic E-state index is 0.160. The summed E-state index contributed by atoms with van der Waals surface area (Å²) in [5.41, 5.74) is 3.34. The maximum absolute atomic E-state index is 6.00. The van der Waals surface area contributed by atoms with Crippen molar-refractivity contribution >= 4 is 0 Å². The molecule has 0 bridgehead atoms. The summed E-state index contributed by atoms with van der Waals surface area (Å²) in [5.74, 6) is 1.82. The van der Waals surface area contributed by atoms with E-state index >= 15 is 0 Å². The van der Waals surface area contributed by atoms with Gasteiger partial charge in [-0.25, -0.2) is 0 Å². The second-order valence-corrected chi connectivity index (χ2v) is 6.64. The van der Waals surface area contributed by atoms with Crippen LogP contribution in [0, 0.1) is 0 Å². The Morgan fingerprint density at radius 1 is 0.852 bits per heavy atom. The summed E-state index contributed by atoms with van der Waals surface area (Å²) in [6.45, 7) is 6.05. The summed E-state index contributed by atoms with van der Waals surface area (Å²) in [6, 6.07) is 20.2. The van der Waals surface area contributed by atoms with Crippen LogP contribution in [-0.2, 0) is 19.7 Å².